The van der Waals surface area contributed by atoms with E-state index >= 15 is 0 Å². The van der Waals surface area contributed by atoms with Crippen molar-refractivity contribution in [2.75, 3.05) is 18.5 Å². The summed E-state index contributed by atoms with van der Waals surface area (Å²) in [5.74, 6) is 0.911. The van der Waals surface area contributed by atoms with Gasteiger partial charge in [-0.25, -0.2) is 0 Å². The third-order valence-corrected chi connectivity index (χ3v) is 10.2. The molecule has 29 heavy (non-hydrogen) atoms. The van der Waals surface area contributed by atoms with Gasteiger partial charge in [0.2, 0.25) is 0 Å². The van der Waals surface area contributed by atoms with Gasteiger partial charge < -0.3 is 0 Å². The Kier molecular flexibility index (Phi) is 9.16. The molecule has 6 heteroatoms. The number of hydrogen-bond acceptors (Lipinski definition) is 2. The molecule has 0 aliphatic rings. The van der Waals surface area contributed by atoms with E-state index in [4.69, 9.17) is 19.3 Å². The van der Waals surface area contributed by atoms with Crippen LogP contribution in [-0.2, 0) is 5.41 Å². The van der Waals surface area contributed by atoms with E-state index in [1.165, 1.54) is 27.7 Å². The van der Waals surface area contributed by atoms with Crippen LogP contribution in [0.4, 0.5) is 5.69 Å². The molecule has 2 unspecified atom stereocenters. The number of benzene rings is 2. The van der Waals surface area contributed by atoms with Gasteiger partial charge in [0, 0.05) is 0 Å². The van der Waals surface area contributed by atoms with Crippen LogP contribution in [0, 0.1) is 13.8 Å². The maximum atomic E-state index is 6.22. The van der Waals surface area contributed by atoms with Crippen LogP contribution in [0.3, 0.4) is 0 Å². The van der Waals surface area contributed by atoms with Gasteiger partial charge in [0.05, 0.1) is 0 Å². The van der Waals surface area contributed by atoms with Gasteiger partial charge in [0.15, 0.2) is 0 Å². The van der Waals surface area contributed by atoms with Gasteiger partial charge in [-0.15, -0.1) is 0 Å². The Morgan fingerprint density at radius 2 is 1.79 bits per heavy atom. The van der Waals surface area contributed by atoms with Gasteiger partial charge in [0.1, 0.15) is 0 Å². The summed E-state index contributed by atoms with van der Waals surface area (Å²) in [7, 11) is 15.2. The molecule has 2 aromatic rings. The molecule has 0 amide bonds. The minimum absolute atomic E-state index is 0.0722. The number of halogens is 2. The third-order valence-electron chi connectivity index (χ3n) is 5.34. The summed E-state index contributed by atoms with van der Waals surface area (Å²) in [4.78, 5) is 2.32. The van der Waals surface area contributed by atoms with Crippen molar-refractivity contribution in [3.63, 3.8) is 0 Å². The SMILES string of the molecule is CCN(C)c1cccc(C)c1PC(C)c1cc(C(C)(C)C)cc(C)c1[O][Tl]([Cl])[Cl]. The van der Waals surface area contributed by atoms with Crippen molar-refractivity contribution in [3.8, 4) is 5.75 Å². The molecule has 0 spiro atoms. The summed E-state index contributed by atoms with van der Waals surface area (Å²) in [6, 6.07) is 11.1. The molecule has 2 nitrogen and oxygen atoms in total. The molecular formula is C23H33Cl2NOPTl. The van der Waals surface area contributed by atoms with Gasteiger partial charge in [0.25, 0.3) is 0 Å². The molecule has 2 aromatic carbocycles. The zero-order chi connectivity index (χ0) is 21.9. The molecule has 0 heterocycles. The first-order valence-corrected chi connectivity index (χ1v) is 24.1. The Balaban J connectivity index is 2.55. The van der Waals surface area contributed by atoms with Crippen molar-refractivity contribution in [1.82, 2.24) is 0 Å². The molecule has 0 aliphatic heterocycles. The van der Waals surface area contributed by atoms with Crippen molar-refractivity contribution in [1.29, 1.82) is 0 Å². The fourth-order valence-corrected chi connectivity index (χ4v) is 8.47. The van der Waals surface area contributed by atoms with Crippen LogP contribution in [0.25, 0.3) is 0 Å². The number of aryl methyl sites for hydroxylation is 2. The third kappa shape index (κ3) is 6.48. The van der Waals surface area contributed by atoms with Crippen molar-refractivity contribution in [2.24, 2.45) is 0 Å². The van der Waals surface area contributed by atoms with Crippen LogP contribution < -0.4 is 12.9 Å². The van der Waals surface area contributed by atoms with Crippen molar-refractivity contribution in [2.45, 2.75) is 59.5 Å². The van der Waals surface area contributed by atoms with E-state index in [1.807, 2.05) is 0 Å². The van der Waals surface area contributed by atoms with E-state index in [0.717, 1.165) is 17.9 Å². The quantitative estimate of drug-likeness (QED) is 0.239. The Labute approximate surface area is 194 Å². The Hall–Kier alpha value is -0.0279. The molecule has 2 atom stereocenters. The predicted octanol–water partition coefficient (Wildman–Crippen LogP) is 6.96. The number of nitrogens with zero attached hydrogens (tertiary/aromatic N) is 1. The standard InChI is InChI=1S/C23H34NOP.2ClH.Tl/c1-9-24(8)20-12-10-11-15(2)22(20)26-17(4)19-14-18(23(5,6)7)13-16(3)21(19)25;;;/h10-14,17,25-26H,9H2,1-8H3;2*1H;/q;;;+3/p-3. The van der Waals surface area contributed by atoms with Crippen LogP contribution in [0.2, 0.25) is 0 Å². The Morgan fingerprint density at radius 3 is 2.34 bits per heavy atom. The molecule has 158 valence electrons. The first-order valence-electron chi connectivity index (χ1n) is 10.1. The van der Waals surface area contributed by atoms with Crippen LogP contribution in [0.1, 0.15) is 62.5 Å². The van der Waals surface area contributed by atoms with Gasteiger partial charge in [-0.05, 0) is 0 Å². The molecule has 0 aromatic heterocycles. The number of anilines is 1. The second-order valence-electron chi connectivity index (χ2n) is 8.69. The Morgan fingerprint density at radius 1 is 1.14 bits per heavy atom. The molecule has 0 aliphatic carbocycles. The molecule has 0 radical (unpaired) electrons. The fraction of sp³-hybridized carbons (Fsp3) is 0.478. The molecule has 0 N–H and O–H groups in total. The van der Waals surface area contributed by atoms with E-state index in [2.05, 4.69) is 90.7 Å². The average molecular weight is 646 g/mol. The Bertz CT molecular complexity index is 852. The fourth-order valence-electron chi connectivity index (χ4n) is 3.43. The average Bonchev–Trinajstić information content (AvgIpc) is 2.62. The minimum atomic E-state index is -3.05. The van der Waals surface area contributed by atoms with Crippen LogP contribution >= 0.6 is 25.2 Å². The molecule has 0 bridgehead atoms. The first kappa shape index (κ1) is 25.2. The van der Waals surface area contributed by atoms with E-state index in [-0.39, 0.29) is 5.41 Å². The normalized spacial score (nSPS) is 13.0. The monoisotopic (exact) mass is 645 g/mol. The molecular weight excluding hydrogens is 613 g/mol. The molecule has 2 rings (SSSR count). The molecule has 0 saturated heterocycles. The van der Waals surface area contributed by atoms with Crippen LogP contribution in [-0.4, -0.2) is 34.3 Å². The molecule has 0 fully saturated rings. The second-order valence-corrected chi connectivity index (χ2v) is 22.2. The zero-order valence-electron chi connectivity index (χ0n) is 18.9. The topological polar surface area (TPSA) is 12.5 Å². The number of hydrogen-bond donors (Lipinski definition) is 0. The summed E-state index contributed by atoms with van der Waals surface area (Å²) in [5.41, 5.74) is 6.73. The second kappa shape index (κ2) is 10.5. The summed E-state index contributed by atoms with van der Waals surface area (Å²) in [5, 5.41) is 1.42. The van der Waals surface area contributed by atoms with E-state index in [0.29, 0.717) is 14.2 Å². The molecule has 0 saturated carbocycles. The van der Waals surface area contributed by atoms with Crippen molar-refractivity contribution in [3.05, 3.63) is 52.6 Å². The van der Waals surface area contributed by atoms with Gasteiger partial charge in [-0.2, -0.15) is 0 Å². The summed E-state index contributed by atoms with van der Waals surface area (Å²) in [6.07, 6.45) is 0. The predicted molar refractivity (Wildman–Crippen MR) is 134 cm³/mol. The van der Waals surface area contributed by atoms with E-state index < -0.39 is 20.7 Å². The maximum absolute atomic E-state index is 6.22. The summed E-state index contributed by atoms with van der Waals surface area (Å²) in [6.45, 7) is 16.5. The van der Waals surface area contributed by atoms with Crippen LogP contribution in [0.5, 0.6) is 5.75 Å². The van der Waals surface area contributed by atoms with E-state index in [1.54, 1.807) is 0 Å². The number of rotatable bonds is 7. The van der Waals surface area contributed by atoms with Gasteiger partial charge in [-0.3, -0.25) is 0 Å². The van der Waals surface area contributed by atoms with E-state index in [9.17, 15) is 0 Å². The van der Waals surface area contributed by atoms with Crippen molar-refractivity contribution >= 4 is 56.9 Å². The summed E-state index contributed by atoms with van der Waals surface area (Å²) < 4.78 is 6.08. The van der Waals surface area contributed by atoms with Gasteiger partial charge in [-0.1, -0.05) is 0 Å². The van der Waals surface area contributed by atoms with Crippen molar-refractivity contribution < 1.29 is 2.69 Å². The summed E-state index contributed by atoms with van der Waals surface area (Å²) >= 11 is -3.05. The van der Waals surface area contributed by atoms with Gasteiger partial charge >= 0.3 is 196 Å². The van der Waals surface area contributed by atoms with Crippen LogP contribution in [0.15, 0.2) is 30.3 Å². The zero-order valence-corrected chi connectivity index (χ0v) is 25.9. The first-order chi connectivity index (χ1) is 13.5.